The molecule has 0 radical (unpaired) electrons. The largest absolute Gasteiger partial charge is 0.308 e. The molecule has 2 aromatic carbocycles. The molecule has 7 nitrogen and oxygen atoms in total. The number of nitrogens with zero attached hydrogens (tertiary/aromatic N) is 2. The Kier molecular flexibility index (Phi) is 6.70. The number of hydrogen-bond acceptors (Lipinski definition) is 6. The van der Waals surface area contributed by atoms with Crippen LogP contribution in [0.1, 0.15) is 0 Å². The molecule has 0 saturated heterocycles. The summed E-state index contributed by atoms with van der Waals surface area (Å²) in [6.07, 6.45) is 0. The molecule has 0 atom stereocenters. The van der Waals surface area contributed by atoms with Crippen LogP contribution in [0.5, 0.6) is 0 Å². The van der Waals surface area contributed by atoms with Gasteiger partial charge >= 0.3 is 0 Å². The van der Waals surface area contributed by atoms with Gasteiger partial charge in [-0.3, -0.25) is 10.1 Å². The summed E-state index contributed by atoms with van der Waals surface area (Å²) in [4.78, 5) is 12.7. The third-order valence-corrected chi connectivity index (χ3v) is 5.92. The SMILES string of the molecule is CN(C)CCNS(=O)(=O)c1ccc(Sc2ccccc2F)c([N+](=O)[O-])c1. The number of likely N-dealkylation sites (N-methyl/N-ethyl adjacent to an activating group) is 1. The highest BCUT2D eigenvalue weighted by Crippen LogP contribution is 2.37. The molecule has 2 rings (SSSR count). The van der Waals surface area contributed by atoms with Crippen LogP contribution in [-0.2, 0) is 10.0 Å². The summed E-state index contributed by atoms with van der Waals surface area (Å²) >= 11 is 0.872. The highest BCUT2D eigenvalue weighted by molar-refractivity contribution is 7.99. The average molecular weight is 399 g/mol. The van der Waals surface area contributed by atoms with Crippen LogP contribution in [0.4, 0.5) is 10.1 Å². The molecule has 140 valence electrons. The van der Waals surface area contributed by atoms with Crippen LogP contribution in [0.15, 0.2) is 57.2 Å². The predicted molar refractivity (Wildman–Crippen MR) is 97.4 cm³/mol. The molecule has 0 heterocycles. The maximum atomic E-state index is 13.8. The van der Waals surface area contributed by atoms with E-state index in [0.717, 1.165) is 17.8 Å². The predicted octanol–water partition coefficient (Wildman–Crippen LogP) is 2.73. The van der Waals surface area contributed by atoms with Gasteiger partial charge in [0.15, 0.2) is 0 Å². The Balaban J connectivity index is 2.31. The van der Waals surface area contributed by atoms with Crippen LogP contribution in [0.25, 0.3) is 0 Å². The molecule has 0 aromatic heterocycles. The molecule has 26 heavy (non-hydrogen) atoms. The van der Waals surface area contributed by atoms with Gasteiger partial charge in [-0.2, -0.15) is 0 Å². The van der Waals surface area contributed by atoms with Crippen LogP contribution in [0.3, 0.4) is 0 Å². The first-order chi connectivity index (χ1) is 12.2. The Morgan fingerprint density at radius 1 is 1.19 bits per heavy atom. The lowest BCUT2D eigenvalue weighted by Gasteiger charge is -2.11. The van der Waals surface area contributed by atoms with E-state index in [9.17, 15) is 22.9 Å². The molecule has 1 N–H and O–H groups in total. The minimum Gasteiger partial charge on any atom is -0.308 e. The molecule has 10 heteroatoms. The van der Waals surface area contributed by atoms with Gasteiger partial charge in [-0.1, -0.05) is 23.9 Å². The van der Waals surface area contributed by atoms with Crippen molar-refractivity contribution in [2.24, 2.45) is 0 Å². The highest BCUT2D eigenvalue weighted by Gasteiger charge is 2.22. The smallest absolute Gasteiger partial charge is 0.284 e. The molecule has 0 aliphatic heterocycles. The molecule has 0 bridgehead atoms. The van der Waals surface area contributed by atoms with Gasteiger partial charge in [0.25, 0.3) is 5.69 Å². The van der Waals surface area contributed by atoms with Crippen molar-refractivity contribution in [3.8, 4) is 0 Å². The van der Waals surface area contributed by atoms with Gasteiger partial charge in [0.1, 0.15) is 5.82 Å². The molecule has 0 aliphatic carbocycles. The summed E-state index contributed by atoms with van der Waals surface area (Å²) in [5.41, 5.74) is -0.395. The average Bonchev–Trinajstić information content (AvgIpc) is 2.56. The normalized spacial score (nSPS) is 11.7. The molecule has 0 unspecified atom stereocenters. The molecular weight excluding hydrogens is 381 g/mol. The van der Waals surface area contributed by atoms with Gasteiger partial charge < -0.3 is 4.90 Å². The zero-order valence-electron chi connectivity index (χ0n) is 14.2. The van der Waals surface area contributed by atoms with Gasteiger partial charge in [-0.05, 0) is 38.4 Å². The molecule has 0 amide bonds. The Morgan fingerprint density at radius 3 is 2.50 bits per heavy atom. The second kappa shape index (κ2) is 8.58. The van der Waals surface area contributed by atoms with E-state index in [4.69, 9.17) is 0 Å². The first-order valence-corrected chi connectivity index (χ1v) is 9.86. The fourth-order valence-electron chi connectivity index (χ4n) is 2.03. The quantitative estimate of drug-likeness (QED) is 0.542. The van der Waals surface area contributed by atoms with Crippen molar-refractivity contribution in [3.05, 3.63) is 58.4 Å². The first-order valence-electron chi connectivity index (χ1n) is 7.56. The molecule has 0 fully saturated rings. The lowest BCUT2D eigenvalue weighted by molar-refractivity contribution is -0.388. The number of rotatable bonds is 8. The fourth-order valence-corrected chi connectivity index (χ4v) is 3.99. The zero-order valence-corrected chi connectivity index (χ0v) is 15.8. The van der Waals surface area contributed by atoms with E-state index in [-0.39, 0.29) is 21.2 Å². The van der Waals surface area contributed by atoms with Crippen LogP contribution in [-0.4, -0.2) is 45.4 Å². The van der Waals surface area contributed by atoms with E-state index in [1.165, 1.54) is 30.3 Å². The van der Waals surface area contributed by atoms with Gasteiger partial charge in [0, 0.05) is 24.1 Å². The van der Waals surface area contributed by atoms with E-state index < -0.39 is 26.5 Å². The van der Waals surface area contributed by atoms with Crippen LogP contribution >= 0.6 is 11.8 Å². The second-order valence-corrected chi connectivity index (χ2v) is 8.47. The van der Waals surface area contributed by atoms with E-state index in [1.807, 2.05) is 0 Å². The number of benzene rings is 2. The molecular formula is C16H18FN3O4S2. The number of hydrogen-bond donors (Lipinski definition) is 1. The minimum atomic E-state index is -3.87. The summed E-state index contributed by atoms with van der Waals surface area (Å²) in [5, 5.41) is 11.4. The third-order valence-electron chi connectivity index (χ3n) is 3.35. The Hall–Kier alpha value is -2.01. The maximum Gasteiger partial charge on any atom is 0.284 e. The summed E-state index contributed by atoms with van der Waals surface area (Å²) < 4.78 is 40.8. The van der Waals surface area contributed by atoms with Crippen LogP contribution in [0, 0.1) is 15.9 Å². The fraction of sp³-hybridized carbons (Fsp3) is 0.250. The zero-order chi connectivity index (χ0) is 19.3. The molecule has 0 spiro atoms. The molecule has 0 saturated carbocycles. The van der Waals surface area contributed by atoms with E-state index in [2.05, 4.69) is 4.72 Å². The Bertz CT molecular complexity index is 904. The lowest BCUT2D eigenvalue weighted by Crippen LogP contribution is -2.31. The van der Waals surface area contributed by atoms with Gasteiger partial charge in [-0.15, -0.1) is 0 Å². The minimum absolute atomic E-state index is 0.160. The Labute approximate surface area is 155 Å². The van der Waals surface area contributed by atoms with E-state index >= 15 is 0 Å². The van der Waals surface area contributed by atoms with Crippen LogP contribution in [0.2, 0.25) is 0 Å². The number of sulfonamides is 1. The summed E-state index contributed by atoms with van der Waals surface area (Å²) in [5.74, 6) is -0.506. The van der Waals surface area contributed by atoms with Crippen molar-refractivity contribution < 1.29 is 17.7 Å². The monoisotopic (exact) mass is 399 g/mol. The standard InChI is InChI=1S/C16H18FN3O4S2/c1-19(2)10-9-18-26(23,24)12-7-8-16(14(11-12)20(21)22)25-15-6-4-3-5-13(15)17/h3-8,11,18H,9-10H2,1-2H3. The van der Waals surface area contributed by atoms with E-state index in [1.54, 1.807) is 25.1 Å². The molecule has 2 aromatic rings. The Morgan fingerprint density at radius 2 is 1.88 bits per heavy atom. The number of nitro benzene ring substituents is 1. The number of halogens is 1. The maximum absolute atomic E-state index is 13.8. The first kappa shape index (κ1) is 20.3. The summed E-state index contributed by atoms with van der Waals surface area (Å²) in [7, 11) is -0.275. The van der Waals surface area contributed by atoms with Crippen LogP contribution < -0.4 is 4.72 Å². The number of nitrogens with one attached hydrogen (secondary N) is 1. The summed E-state index contributed by atoms with van der Waals surface area (Å²) in [6.45, 7) is 0.664. The third kappa shape index (κ3) is 5.24. The van der Waals surface area contributed by atoms with E-state index in [0.29, 0.717) is 6.54 Å². The van der Waals surface area contributed by atoms with Gasteiger partial charge in [0.2, 0.25) is 10.0 Å². The lowest BCUT2D eigenvalue weighted by atomic mass is 10.3. The molecule has 0 aliphatic rings. The van der Waals surface area contributed by atoms with Crippen molar-refractivity contribution in [1.82, 2.24) is 9.62 Å². The highest BCUT2D eigenvalue weighted by atomic mass is 32.2. The van der Waals surface area contributed by atoms with Crippen molar-refractivity contribution >= 4 is 27.5 Å². The summed E-state index contributed by atoms with van der Waals surface area (Å²) in [6, 6.07) is 9.46. The van der Waals surface area contributed by atoms with Crippen molar-refractivity contribution in [1.29, 1.82) is 0 Å². The topological polar surface area (TPSA) is 92.6 Å². The van der Waals surface area contributed by atoms with Gasteiger partial charge in [-0.25, -0.2) is 17.5 Å². The van der Waals surface area contributed by atoms with Crippen molar-refractivity contribution in [3.63, 3.8) is 0 Å². The van der Waals surface area contributed by atoms with Crippen molar-refractivity contribution in [2.75, 3.05) is 27.2 Å². The number of nitro groups is 1. The van der Waals surface area contributed by atoms with Gasteiger partial charge in [0.05, 0.1) is 14.7 Å². The van der Waals surface area contributed by atoms with Crippen molar-refractivity contribution in [2.45, 2.75) is 14.7 Å². The second-order valence-electron chi connectivity index (χ2n) is 5.62.